The van der Waals surface area contributed by atoms with E-state index in [-0.39, 0.29) is 18.6 Å². The maximum Gasteiger partial charge on any atom is 0.407 e. The van der Waals surface area contributed by atoms with Gasteiger partial charge in [-0.1, -0.05) is 59.8 Å². The van der Waals surface area contributed by atoms with Crippen LogP contribution in [0.3, 0.4) is 0 Å². The van der Waals surface area contributed by atoms with E-state index in [9.17, 15) is 9.90 Å². The largest absolute Gasteiger partial charge is 0.484 e. The first-order valence-electron chi connectivity index (χ1n) is 12.8. The Kier molecular flexibility index (Phi) is 7.25. The van der Waals surface area contributed by atoms with Gasteiger partial charge in [0.1, 0.15) is 5.75 Å². The maximum absolute atomic E-state index is 11.7. The molecule has 5 aromatic rings. The summed E-state index contributed by atoms with van der Waals surface area (Å²) in [6.07, 6.45) is -0.496. The van der Waals surface area contributed by atoms with Gasteiger partial charge < -0.3 is 24.0 Å². The summed E-state index contributed by atoms with van der Waals surface area (Å²) in [5, 5.41) is 17.9. The summed E-state index contributed by atoms with van der Waals surface area (Å²) < 4.78 is 17.6. The molecule has 9 heteroatoms. The Bertz CT molecular complexity index is 1550. The van der Waals surface area contributed by atoms with Gasteiger partial charge in [-0.05, 0) is 58.0 Å². The highest BCUT2D eigenvalue weighted by atomic mass is 32.1. The Labute approximate surface area is 229 Å². The number of benzene rings is 3. The molecule has 2 aromatic heterocycles. The summed E-state index contributed by atoms with van der Waals surface area (Å²) in [5.74, 6) is 1.72. The number of hydrogen-bond donors (Lipinski definition) is 1. The molecule has 1 aliphatic rings. The fourth-order valence-corrected chi connectivity index (χ4v) is 5.60. The molecular weight excluding hydrogens is 514 g/mol. The van der Waals surface area contributed by atoms with Gasteiger partial charge in [0, 0.05) is 12.5 Å². The van der Waals surface area contributed by atoms with Crippen molar-refractivity contribution in [3.8, 4) is 16.5 Å². The van der Waals surface area contributed by atoms with Crippen molar-refractivity contribution >= 4 is 28.2 Å². The zero-order chi connectivity index (χ0) is 26.6. The van der Waals surface area contributed by atoms with E-state index >= 15 is 0 Å². The highest BCUT2D eigenvalue weighted by Crippen LogP contribution is 2.32. The number of fused-ring (bicyclic) bond motifs is 1. The number of aromatic nitrogens is 2. The van der Waals surface area contributed by atoms with Gasteiger partial charge in [0.15, 0.2) is 6.61 Å². The predicted molar refractivity (Wildman–Crippen MR) is 148 cm³/mol. The highest BCUT2D eigenvalue weighted by molar-refractivity contribution is 7.13. The molecule has 1 fully saturated rings. The molecule has 3 aromatic carbocycles. The molecule has 1 aliphatic heterocycles. The predicted octanol–water partition coefficient (Wildman–Crippen LogP) is 6.58. The normalized spacial score (nSPS) is 17.4. The van der Waals surface area contributed by atoms with Gasteiger partial charge in [-0.2, -0.15) is 4.98 Å². The van der Waals surface area contributed by atoms with E-state index in [4.69, 9.17) is 14.0 Å². The number of piperidine rings is 1. The second-order valence-electron chi connectivity index (χ2n) is 9.50. The highest BCUT2D eigenvalue weighted by Gasteiger charge is 2.33. The Morgan fingerprint density at radius 1 is 1.03 bits per heavy atom. The SMILES string of the molecule is O=C(O)N1CCC(c2ccc(OCc3nc(-c4cccs4)no3)cc2)C(OCc2ccc3ccccc3c2)C1. The van der Waals surface area contributed by atoms with Crippen LogP contribution >= 0.6 is 11.3 Å². The lowest BCUT2D eigenvalue weighted by Gasteiger charge is -2.37. The van der Waals surface area contributed by atoms with Crippen molar-refractivity contribution in [1.82, 2.24) is 15.0 Å². The Morgan fingerprint density at radius 2 is 1.87 bits per heavy atom. The second kappa shape index (κ2) is 11.3. The summed E-state index contributed by atoms with van der Waals surface area (Å²) in [5.41, 5.74) is 2.15. The smallest absolute Gasteiger partial charge is 0.407 e. The Morgan fingerprint density at radius 3 is 2.67 bits per heavy atom. The number of ether oxygens (including phenoxy) is 2. The molecule has 1 N–H and O–H groups in total. The van der Waals surface area contributed by atoms with E-state index in [2.05, 4.69) is 40.5 Å². The van der Waals surface area contributed by atoms with Crippen LogP contribution < -0.4 is 4.74 Å². The van der Waals surface area contributed by atoms with Crippen LogP contribution in [0.2, 0.25) is 0 Å². The number of likely N-dealkylation sites (tertiary alicyclic amines) is 1. The minimum atomic E-state index is -0.917. The molecular formula is C30H27N3O5S. The van der Waals surface area contributed by atoms with E-state index in [1.165, 1.54) is 10.3 Å². The van der Waals surface area contributed by atoms with Gasteiger partial charge in [-0.15, -0.1) is 11.3 Å². The third kappa shape index (κ3) is 5.79. The molecule has 1 saturated heterocycles. The second-order valence-corrected chi connectivity index (χ2v) is 10.4. The van der Waals surface area contributed by atoms with Crippen LogP contribution in [0.1, 0.15) is 29.4 Å². The van der Waals surface area contributed by atoms with Gasteiger partial charge in [0.05, 0.1) is 24.1 Å². The van der Waals surface area contributed by atoms with Crippen molar-refractivity contribution in [2.75, 3.05) is 13.1 Å². The average molecular weight is 542 g/mol. The van der Waals surface area contributed by atoms with Crippen molar-refractivity contribution in [1.29, 1.82) is 0 Å². The fraction of sp³-hybridized carbons (Fsp3) is 0.233. The van der Waals surface area contributed by atoms with Crippen LogP contribution in [0.5, 0.6) is 5.75 Å². The van der Waals surface area contributed by atoms with Crippen molar-refractivity contribution in [2.24, 2.45) is 0 Å². The first-order chi connectivity index (χ1) is 19.1. The van der Waals surface area contributed by atoms with Crippen molar-refractivity contribution in [3.63, 3.8) is 0 Å². The molecule has 3 heterocycles. The van der Waals surface area contributed by atoms with Gasteiger partial charge in [-0.3, -0.25) is 0 Å². The standard InChI is InChI=1S/C30H27N3O5S/c34-30(35)33-14-13-25(26(17-33)37-18-20-7-8-21-4-1-2-5-23(21)16-20)22-9-11-24(12-10-22)36-19-28-31-29(32-38-28)27-6-3-15-39-27/h1-12,15-16,25-26H,13-14,17-19H2,(H,34,35). The summed E-state index contributed by atoms with van der Waals surface area (Å²) in [4.78, 5) is 18.5. The number of amides is 1. The zero-order valence-electron chi connectivity index (χ0n) is 21.1. The van der Waals surface area contributed by atoms with Gasteiger partial charge in [0.2, 0.25) is 5.82 Å². The van der Waals surface area contributed by atoms with Crippen LogP contribution in [0.15, 0.2) is 88.8 Å². The number of carbonyl (C=O) groups is 1. The number of hydrogen-bond acceptors (Lipinski definition) is 7. The maximum atomic E-state index is 11.7. The summed E-state index contributed by atoms with van der Waals surface area (Å²) >= 11 is 1.55. The van der Waals surface area contributed by atoms with E-state index in [0.29, 0.717) is 43.6 Å². The Hall–Kier alpha value is -4.21. The molecule has 2 atom stereocenters. The van der Waals surface area contributed by atoms with Crippen LogP contribution in [-0.2, 0) is 18.0 Å². The quantitative estimate of drug-likeness (QED) is 0.237. The number of thiophene rings is 1. The molecule has 1 amide bonds. The molecule has 0 aliphatic carbocycles. The first kappa shape index (κ1) is 25.1. The molecule has 0 bridgehead atoms. The van der Waals surface area contributed by atoms with E-state index in [0.717, 1.165) is 21.4 Å². The monoisotopic (exact) mass is 541 g/mol. The lowest BCUT2D eigenvalue weighted by molar-refractivity contribution is -0.0199. The third-order valence-corrected chi connectivity index (χ3v) is 7.85. The molecule has 0 radical (unpaired) electrons. The van der Waals surface area contributed by atoms with Crippen LogP contribution in [0, 0.1) is 0 Å². The van der Waals surface area contributed by atoms with Gasteiger partial charge >= 0.3 is 6.09 Å². The molecule has 0 saturated carbocycles. The van der Waals surface area contributed by atoms with Crippen LogP contribution in [-0.4, -0.2) is 45.4 Å². The van der Waals surface area contributed by atoms with Crippen molar-refractivity contribution < 1.29 is 23.9 Å². The lowest BCUT2D eigenvalue weighted by Crippen LogP contribution is -2.46. The number of carboxylic acid groups (broad SMARTS) is 1. The Balaban J connectivity index is 1.11. The van der Waals surface area contributed by atoms with E-state index in [1.54, 1.807) is 11.3 Å². The summed E-state index contributed by atoms with van der Waals surface area (Å²) in [6, 6.07) is 26.2. The molecule has 0 spiro atoms. The first-order valence-corrected chi connectivity index (χ1v) is 13.7. The topological polar surface area (TPSA) is 97.9 Å². The zero-order valence-corrected chi connectivity index (χ0v) is 21.9. The van der Waals surface area contributed by atoms with Crippen LogP contribution in [0.4, 0.5) is 4.79 Å². The van der Waals surface area contributed by atoms with E-state index in [1.807, 2.05) is 53.9 Å². The molecule has 2 unspecified atom stereocenters. The minimum Gasteiger partial charge on any atom is -0.484 e. The summed E-state index contributed by atoms with van der Waals surface area (Å²) in [6.45, 7) is 1.39. The van der Waals surface area contributed by atoms with Crippen molar-refractivity contribution in [3.05, 3.63) is 101 Å². The van der Waals surface area contributed by atoms with E-state index < -0.39 is 6.09 Å². The molecule has 198 valence electrons. The molecule has 39 heavy (non-hydrogen) atoms. The van der Waals surface area contributed by atoms with Crippen molar-refractivity contribution in [2.45, 2.75) is 31.7 Å². The number of rotatable bonds is 8. The molecule has 6 rings (SSSR count). The van der Waals surface area contributed by atoms with Crippen LogP contribution in [0.25, 0.3) is 21.5 Å². The third-order valence-electron chi connectivity index (χ3n) is 6.99. The minimum absolute atomic E-state index is 0.0689. The summed E-state index contributed by atoms with van der Waals surface area (Å²) in [7, 11) is 0. The lowest BCUT2D eigenvalue weighted by atomic mass is 9.87. The van der Waals surface area contributed by atoms with Gasteiger partial charge in [0.25, 0.3) is 5.89 Å². The van der Waals surface area contributed by atoms with Gasteiger partial charge in [-0.25, -0.2) is 4.79 Å². The molecule has 8 nitrogen and oxygen atoms in total. The average Bonchev–Trinajstić information content (AvgIpc) is 3.68. The number of nitrogens with zero attached hydrogens (tertiary/aromatic N) is 3. The fourth-order valence-electron chi connectivity index (χ4n) is 4.95.